The van der Waals surface area contributed by atoms with Gasteiger partial charge >= 0.3 is 7.82 Å². The summed E-state index contributed by atoms with van der Waals surface area (Å²) in [5.41, 5.74) is 7.55. The number of phosphoric acid groups is 1. The standard InChI is InChI=1S/C12H21O4PSi3/c1-10-18(4,5)14-17(13,15-19(6,7)11-2)16-20(8,9)12-3/h1-3H,4-9H3. The highest BCUT2D eigenvalue weighted by Gasteiger charge is 2.44. The third-order valence-corrected chi connectivity index (χ3v) is 12.3. The number of rotatable bonds is 6. The van der Waals surface area contributed by atoms with E-state index in [0.29, 0.717) is 0 Å². The summed E-state index contributed by atoms with van der Waals surface area (Å²) in [5.74, 6) is 0. The second-order valence-electron chi connectivity index (χ2n) is 5.69. The van der Waals surface area contributed by atoms with Crippen LogP contribution < -0.4 is 0 Å². The summed E-state index contributed by atoms with van der Waals surface area (Å²) in [5, 5.41) is 0. The molecule has 0 bridgehead atoms. The molecular formula is C12H21O4PSi3. The molecule has 0 aliphatic rings. The molecule has 0 saturated carbocycles. The summed E-state index contributed by atoms with van der Waals surface area (Å²) >= 11 is 0. The van der Waals surface area contributed by atoms with Gasteiger partial charge in [-0.25, -0.2) is 4.57 Å². The van der Waals surface area contributed by atoms with Crippen molar-refractivity contribution in [3.63, 3.8) is 0 Å². The lowest BCUT2D eigenvalue weighted by atomic mass is 11.4. The molecular weight excluding hydrogens is 323 g/mol. The van der Waals surface area contributed by atoms with Crippen LogP contribution in [0.1, 0.15) is 0 Å². The van der Waals surface area contributed by atoms with Gasteiger partial charge in [-0.1, -0.05) is 0 Å². The highest BCUT2D eigenvalue weighted by Crippen LogP contribution is 2.55. The van der Waals surface area contributed by atoms with E-state index in [1.165, 1.54) is 0 Å². The molecule has 0 rings (SSSR count). The SMILES string of the molecule is C#C[Si](C)(C)OP(=O)(O[Si](C)(C)C#C)O[Si](C)(C)C#C. The molecule has 8 heteroatoms. The van der Waals surface area contributed by atoms with E-state index >= 15 is 0 Å². The fraction of sp³-hybridized carbons (Fsp3) is 0.500. The van der Waals surface area contributed by atoms with E-state index in [-0.39, 0.29) is 0 Å². The Bertz CT molecular complexity index is 458. The zero-order valence-corrected chi connectivity index (χ0v) is 16.7. The highest BCUT2D eigenvalue weighted by atomic mass is 31.2. The molecule has 0 aromatic rings. The average molecular weight is 345 g/mol. The monoisotopic (exact) mass is 344 g/mol. The molecule has 0 spiro atoms. The summed E-state index contributed by atoms with van der Waals surface area (Å²) < 4.78 is 29.5. The van der Waals surface area contributed by atoms with Crippen LogP contribution in [0.5, 0.6) is 0 Å². The molecule has 0 N–H and O–H groups in total. The Morgan fingerprint density at radius 2 is 0.900 bits per heavy atom. The predicted octanol–water partition coefficient (Wildman–Crippen LogP) is 3.28. The van der Waals surface area contributed by atoms with Crippen molar-refractivity contribution in [3.8, 4) is 35.9 Å². The lowest BCUT2D eigenvalue weighted by molar-refractivity contribution is 0.297. The average Bonchev–Trinajstić information content (AvgIpc) is 2.26. The van der Waals surface area contributed by atoms with E-state index in [0.717, 1.165) is 0 Å². The predicted molar refractivity (Wildman–Crippen MR) is 89.8 cm³/mol. The molecule has 110 valence electrons. The molecule has 0 unspecified atom stereocenters. The van der Waals surface area contributed by atoms with Gasteiger partial charge in [0.25, 0.3) is 25.0 Å². The van der Waals surface area contributed by atoms with Crippen molar-refractivity contribution in [2.75, 3.05) is 0 Å². The van der Waals surface area contributed by atoms with Gasteiger partial charge < -0.3 is 12.6 Å². The maximum Gasteiger partial charge on any atom is 0.447 e. The Labute approximate surface area is 125 Å². The molecule has 0 aromatic carbocycles. The van der Waals surface area contributed by atoms with Crippen LogP contribution >= 0.6 is 7.82 Å². The normalized spacial score (nSPS) is 13.2. The van der Waals surface area contributed by atoms with Crippen molar-refractivity contribution in [3.05, 3.63) is 0 Å². The molecule has 0 aliphatic carbocycles. The molecule has 0 atom stereocenters. The molecule has 4 nitrogen and oxygen atoms in total. The first-order valence-electron chi connectivity index (χ1n) is 5.96. The van der Waals surface area contributed by atoms with E-state index in [1.807, 2.05) is 0 Å². The fourth-order valence-corrected chi connectivity index (χ4v) is 9.77. The minimum atomic E-state index is -3.88. The zero-order valence-electron chi connectivity index (χ0n) is 12.8. The van der Waals surface area contributed by atoms with Crippen molar-refractivity contribution in [2.45, 2.75) is 39.3 Å². The van der Waals surface area contributed by atoms with Crippen LogP contribution in [0.25, 0.3) is 0 Å². The molecule has 0 radical (unpaired) electrons. The second kappa shape index (κ2) is 6.47. The summed E-state index contributed by atoms with van der Waals surface area (Å²) in [6.45, 7) is 10.3. The summed E-state index contributed by atoms with van der Waals surface area (Å²) in [7, 11) is -11.7. The molecule has 0 fully saturated rings. The maximum atomic E-state index is 12.9. The van der Waals surface area contributed by atoms with Gasteiger partial charge in [0, 0.05) is 0 Å². The minimum absolute atomic E-state index is 1.72. The largest absolute Gasteiger partial charge is 0.447 e. The van der Waals surface area contributed by atoms with Gasteiger partial charge in [0.2, 0.25) is 0 Å². The van der Waals surface area contributed by atoms with Gasteiger partial charge in [0.15, 0.2) is 0 Å². The van der Waals surface area contributed by atoms with Gasteiger partial charge in [0.05, 0.1) is 0 Å². The summed E-state index contributed by atoms with van der Waals surface area (Å²) in [6, 6.07) is 0. The van der Waals surface area contributed by atoms with E-state index in [4.69, 9.17) is 31.9 Å². The highest BCUT2D eigenvalue weighted by molar-refractivity contribution is 7.54. The molecule has 0 aliphatic heterocycles. The topological polar surface area (TPSA) is 44.8 Å². The molecule has 20 heavy (non-hydrogen) atoms. The Morgan fingerprint density at radius 3 is 1.05 bits per heavy atom. The van der Waals surface area contributed by atoms with E-state index < -0.39 is 32.8 Å². The van der Waals surface area contributed by atoms with Crippen LogP contribution in [-0.2, 0) is 17.2 Å². The van der Waals surface area contributed by atoms with Gasteiger partial charge in [0.1, 0.15) is 0 Å². The molecule has 0 aromatic heterocycles. The number of terminal acetylenes is 3. The molecule has 0 saturated heterocycles. The maximum absolute atomic E-state index is 12.9. The molecule has 0 heterocycles. The Hall–Kier alpha value is -0.559. The Kier molecular flexibility index (Phi) is 6.29. The van der Waals surface area contributed by atoms with Crippen molar-refractivity contribution >= 4 is 32.8 Å². The van der Waals surface area contributed by atoms with Crippen LogP contribution in [0.4, 0.5) is 0 Å². The third-order valence-electron chi connectivity index (χ3n) is 2.06. The smallest absolute Gasteiger partial charge is 0.318 e. The van der Waals surface area contributed by atoms with Crippen molar-refractivity contribution in [1.82, 2.24) is 0 Å². The fourth-order valence-electron chi connectivity index (χ4n) is 0.973. The number of hydrogen-bond acceptors (Lipinski definition) is 4. The van der Waals surface area contributed by atoms with Gasteiger partial charge in [-0.3, -0.25) is 0 Å². The van der Waals surface area contributed by atoms with E-state index in [2.05, 4.69) is 16.6 Å². The zero-order chi connectivity index (χ0) is 16.2. The van der Waals surface area contributed by atoms with Crippen LogP contribution in [0.15, 0.2) is 0 Å². The van der Waals surface area contributed by atoms with Gasteiger partial charge in [-0.05, 0) is 39.3 Å². The van der Waals surface area contributed by atoms with Crippen molar-refractivity contribution in [2.24, 2.45) is 0 Å². The van der Waals surface area contributed by atoms with Crippen LogP contribution in [0.2, 0.25) is 39.3 Å². The third kappa shape index (κ3) is 6.74. The lowest BCUT2D eigenvalue weighted by Crippen LogP contribution is -2.37. The number of hydrogen-bond donors (Lipinski definition) is 0. The van der Waals surface area contributed by atoms with Crippen molar-refractivity contribution in [1.29, 1.82) is 0 Å². The minimum Gasteiger partial charge on any atom is -0.318 e. The van der Waals surface area contributed by atoms with Crippen LogP contribution in [-0.4, -0.2) is 25.0 Å². The van der Waals surface area contributed by atoms with E-state index in [1.54, 1.807) is 39.3 Å². The molecule has 0 amide bonds. The first kappa shape index (κ1) is 19.4. The van der Waals surface area contributed by atoms with Crippen LogP contribution in [0, 0.1) is 35.9 Å². The lowest BCUT2D eigenvalue weighted by Gasteiger charge is -2.31. The van der Waals surface area contributed by atoms with E-state index in [9.17, 15) is 4.57 Å². The Balaban J connectivity index is 5.50. The quantitative estimate of drug-likeness (QED) is 0.421. The summed E-state index contributed by atoms with van der Waals surface area (Å²) in [6.07, 6.45) is 16.2. The second-order valence-corrected chi connectivity index (χ2v) is 18.7. The van der Waals surface area contributed by atoms with Gasteiger partial charge in [-0.2, -0.15) is 0 Å². The van der Waals surface area contributed by atoms with Crippen molar-refractivity contribution < 1.29 is 17.2 Å². The van der Waals surface area contributed by atoms with Crippen LogP contribution in [0.3, 0.4) is 0 Å². The van der Waals surface area contributed by atoms with Gasteiger partial charge in [-0.15, -0.1) is 35.9 Å². The first-order valence-corrected chi connectivity index (χ1v) is 16.1. The summed E-state index contributed by atoms with van der Waals surface area (Å²) in [4.78, 5) is 0. The Morgan fingerprint density at radius 1 is 0.700 bits per heavy atom. The first-order chi connectivity index (χ1) is 8.80.